The molecule has 2 aliphatic heterocycles. The highest BCUT2D eigenvalue weighted by atomic mass is 35.5. The molecule has 1 atom stereocenters. The zero-order valence-corrected chi connectivity index (χ0v) is 14.4. The lowest BCUT2D eigenvalue weighted by atomic mass is 9.99. The number of halogens is 1. The average molecular weight is 351 g/mol. The molecule has 0 saturated carbocycles. The van der Waals surface area contributed by atoms with Gasteiger partial charge in [-0.15, -0.1) is 0 Å². The van der Waals surface area contributed by atoms with Gasteiger partial charge < -0.3 is 15.0 Å². The van der Waals surface area contributed by atoms with Gasteiger partial charge in [-0.3, -0.25) is 9.59 Å². The normalized spacial score (nSPS) is 22.0. The van der Waals surface area contributed by atoms with Crippen LogP contribution in [0.3, 0.4) is 0 Å². The van der Waals surface area contributed by atoms with Gasteiger partial charge in [0.2, 0.25) is 11.8 Å². The summed E-state index contributed by atoms with van der Waals surface area (Å²) in [7, 11) is 0. The van der Waals surface area contributed by atoms with Crippen LogP contribution in [0.4, 0.5) is 0 Å². The fraction of sp³-hybridized carbons (Fsp3) is 0.556. The Morgan fingerprint density at radius 2 is 2.12 bits per heavy atom. The molecule has 0 unspecified atom stereocenters. The topological polar surface area (TPSA) is 58.6 Å². The molecule has 3 rings (SSSR count). The first-order chi connectivity index (χ1) is 11.6. The molecule has 0 radical (unpaired) electrons. The minimum atomic E-state index is -0.0767. The van der Waals surface area contributed by atoms with E-state index in [2.05, 4.69) is 5.32 Å². The summed E-state index contributed by atoms with van der Waals surface area (Å²) in [6.07, 6.45) is 2.70. The van der Waals surface area contributed by atoms with E-state index in [0.29, 0.717) is 37.7 Å². The number of hydrogen-bond acceptors (Lipinski definition) is 3. The molecule has 1 N–H and O–H groups in total. The van der Waals surface area contributed by atoms with Crippen molar-refractivity contribution >= 4 is 23.4 Å². The first kappa shape index (κ1) is 17.2. The van der Waals surface area contributed by atoms with Crippen LogP contribution >= 0.6 is 11.6 Å². The van der Waals surface area contributed by atoms with E-state index in [1.54, 1.807) is 0 Å². The number of ether oxygens (including phenoxy) is 1. The van der Waals surface area contributed by atoms with Gasteiger partial charge in [-0.1, -0.05) is 23.7 Å². The predicted molar refractivity (Wildman–Crippen MR) is 91.8 cm³/mol. The van der Waals surface area contributed by atoms with Crippen LogP contribution < -0.4 is 5.32 Å². The van der Waals surface area contributed by atoms with E-state index in [1.165, 1.54) is 0 Å². The summed E-state index contributed by atoms with van der Waals surface area (Å²) in [4.78, 5) is 26.3. The molecule has 2 heterocycles. The van der Waals surface area contributed by atoms with Crippen molar-refractivity contribution in [2.24, 2.45) is 5.92 Å². The van der Waals surface area contributed by atoms with Gasteiger partial charge in [0.05, 0.1) is 6.04 Å². The number of carbonyl (C=O) groups excluding carboxylic acids is 2. The molecule has 0 aliphatic carbocycles. The second kappa shape index (κ2) is 7.99. The van der Waals surface area contributed by atoms with Crippen molar-refractivity contribution < 1.29 is 14.3 Å². The summed E-state index contributed by atoms with van der Waals surface area (Å²) < 4.78 is 5.28. The third-order valence-corrected chi connectivity index (χ3v) is 4.95. The molecule has 6 heteroatoms. The van der Waals surface area contributed by atoms with Crippen LogP contribution in [0.5, 0.6) is 0 Å². The highest BCUT2D eigenvalue weighted by Gasteiger charge is 2.32. The van der Waals surface area contributed by atoms with E-state index in [0.717, 1.165) is 24.8 Å². The molecule has 0 bridgehead atoms. The molecule has 0 spiro atoms. The van der Waals surface area contributed by atoms with Crippen molar-refractivity contribution in [1.29, 1.82) is 0 Å². The van der Waals surface area contributed by atoms with Crippen LogP contribution in [0.25, 0.3) is 0 Å². The number of nitrogens with one attached hydrogen (secondary N) is 1. The maximum Gasteiger partial charge on any atom is 0.224 e. The van der Waals surface area contributed by atoms with Crippen molar-refractivity contribution in [3.63, 3.8) is 0 Å². The lowest BCUT2D eigenvalue weighted by Gasteiger charge is -2.23. The van der Waals surface area contributed by atoms with Crippen LogP contribution in [-0.2, 0) is 20.7 Å². The molecule has 5 nitrogen and oxygen atoms in total. The quantitative estimate of drug-likeness (QED) is 0.884. The molecule has 24 heavy (non-hydrogen) atoms. The summed E-state index contributed by atoms with van der Waals surface area (Å²) >= 11 is 5.99. The van der Waals surface area contributed by atoms with Gasteiger partial charge >= 0.3 is 0 Å². The predicted octanol–water partition coefficient (Wildman–Crippen LogP) is 2.03. The molecule has 2 amide bonds. The molecule has 1 aromatic carbocycles. The molecule has 1 aromatic rings. The fourth-order valence-corrected chi connectivity index (χ4v) is 3.53. The highest BCUT2D eigenvalue weighted by molar-refractivity contribution is 6.30. The number of likely N-dealkylation sites (tertiary alicyclic amines) is 1. The van der Waals surface area contributed by atoms with E-state index in [4.69, 9.17) is 16.3 Å². The lowest BCUT2D eigenvalue weighted by molar-refractivity contribution is -0.128. The molecular weight excluding hydrogens is 328 g/mol. The Balaban J connectivity index is 1.47. The van der Waals surface area contributed by atoms with E-state index in [1.807, 2.05) is 29.2 Å². The fourth-order valence-electron chi connectivity index (χ4n) is 3.32. The summed E-state index contributed by atoms with van der Waals surface area (Å²) in [6.45, 7) is 2.54. The van der Waals surface area contributed by atoms with E-state index in [-0.39, 0.29) is 23.8 Å². The van der Waals surface area contributed by atoms with Gasteiger partial charge in [-0.05, 0) is 37.0 Å². The van der Waals surface area contributed by atoms with Gasteiger partial charge in [0.1, 0.15) is 0 Å². The average Bonchev–Trinajstić information content (AvgIpc) is 2.93. The Morgan fingerprint density at radius 3 is 2.88 bits per heavy atom. The Bertz CT molecular complexity index is 602. The number of nitrogens with zero attached hydrogens (tertiary/aromatic N) is 1. The van der Waals surface area contributed by atoms with Gasteiger partial charge in [0, 0.05) is 43.7 Å². The summed E-state index contributed by atoms with van der Waals surface area (Å²) in [6, 6.07) is 7.62. The van der Waals surface area contributed by atoms with Gasteiger partial charge in [-0.2, -0.15) is 0 Å². The monoisotopic (exact) mass is 350 g/mol. The Hall–Kier alpha value is -1.59. The van der Waals surface area contributed by atoms with Crippen LogP contribution in [0.1, 0.15) is 24.8 Å². The Morgan fingerprint density at radius 1 is 1.33 bits per heavy atom. The standard InChI is InChI=1S/C18H23ClN2O3/c19-15-3-1-2-13(10-15)4-7-21-12-16(11-17(21)22)20-18(23)14-5-8-24-9-6-14/h1-3,10,14,16H,4-9,11-12H2,(H,20,23)/t16-/m0/s1. The van der Waals surface area contributed by atoms with E-state index < -0.39 is 0 Å². The summed E-state index contributed by atoms with van der Waals surface area (Å²) in [5.74, 6) is 0.191. The Labute approximate surface area is 147 Å². The number of rotatable bonds is 5. The van der Waals surface area contributed by atoms with E-state index >= 15 is 0 Å². The molecule has 2 aliphatic rings. The Kier molecular flexibility index (Phi) is 5.74. The van der Waals surface area contributed by atoms with Crippen LogP contribution in [0.15, 0.2) is 24.3 Å². The van der Waals surface area contributed by atoms with Gasteiger partial charge in [-0.25, -0.2) is 0 Å². The highest BCUT2D eigenvalue weighted by Crippen LogP contribution is 2.18. The SMILES string of the molecule is O=C(N[C@H]1CC(=O)N(CCc2cccc(Cl)c2)C1)C1CCOCC1. The first-order valence-electron chi connectivity index (χ1n) is 8.52. The largest absolute Gasteiger partial charge is 0.381 e. The van der Waals surface area contributed by atoms with Crippen molar-refractivity contribution in [2.45, 2.75) is 31.7 Å². The number of carbonyl (C=O) groups is 2. The minimum absolute atomic E-state index is 0.0226. The van der Waals surface area contributed by atoms with Crippen LogP contribution in [0, 0.1) is 5.92 Å². The van der Waals surface area contributed by atoms with Gasteiger partial charge in [0.25, 0.3) is 0 Å². The van der Waals surface area contributed by atoms with Crippen LogP contribution in [-0.4, -0.2) is 49.1 Å². The second-order valence-corrected chi connectivity index (χ2v) is 6.95. The second-order valence-electron chi connectivity index (χ2n) is 6.52. The lowest BCUT2D eigenvalue weighted by Crippen LogP contribution is -2.42. The molecule has 130 valence electrons. The van der Waals surface area contributed by atoms with Crippen molar-refractivity contribution in [3.8, 4) is 0 Å². The van der Waals surface area contributed by atoms with Crippen molar-refractivity contribution in [1.82, 2.24) is 10.2 Å². The van der Waals surface area contributed by atoms with Crippen molar-refractivity contribution in [3.05, 3.63) is 34.9 Å². The molecular formula is C18H23ClN2O3. The molecule has 0 aromatic heterocycles. The maximum atomic E-state index is 12.3. The van der Waals surface area contributed by atoms with Crippen molar-refractivity contribution in [2.75, 3.05) is 26.3 Å². The van der Waals surface area contributed by atoms with E-state index in [9.17, 15) is 9.59 Å². The zero-order chi connectivity index (χ0) is 16.9. The first-order valence-corrected chi connectivity index (χ1v) is 8.90. The zero-order valence-electron chi connectivity index (χ0n) is 13.7. The number of hydrogen-bond donors (Lipinski definition) is 1. The minimum Gasteiger partial charge on any atom is -0.381 e. The maximum absolute atomic E-state index is 12.3. The van der Waals surface area contributed by atoms with Crippen LogP contribution in [0.2, 0.25) is 5.02 Å². The third kappa shape index (κ3) is 4.48. The molecule has 2 fully saturated rings. The summed E-state index contributed by atoms with van der Waals surface area (Å²) in [5, 5.41) is 3.75. The smallest absolute Gasteiger partial charge is 0.224 e. The number of benzene rings is 1. The molecule has 2 saturated heterocycles. The third-order valence-electron chi connectivity index (χ3n) is 4.71. The number of amides is 2. The summed E-state index contributed by atoms with van der Waals surface area (Å²) in [5.41, 5.74) is 1.12. The van der Waals surface area contributed by atoms with Gasteiger partial charge in [0.15, 0.2) is 0 Å².